The van der Waals surface area contributed by atoms with Crippen molar-refractivity contribution in [1.29, 1.82) is 0 Å². The Morgan fingerprint density at radius 1 is 0.898 bits per heavy atom. The average Bonchev–Trinajstić information content (AvgIpc) is 3.56. The van der Waals surface area contributed by atoms with Crippen molar-refractivity contribution < 1.29 is 33.4 Å². The maximum atomic E-state index is 14.3. The van der Waals surface area contributed by atoms with Crippen molar-refractivity contribution in [1.82, 2.24) is 31.1 Å². The van der Waals surface area contributed by atoms with Crippen LogP contribution in [-0.2, 0) is 32.2 Å². The zero-order valence-electron chi connectivity index (χ0n) is 29.7. The molecule has 4 N–H and O–H groups in total. The van der Waals surface area contributed by atoms with Crippen LogP contribution < -0.4 is 21.3 Å². The van der Waals surface area contributed by atoms with E-state index >= 15 is 0 Å². The van der Waals surface area contributed by atoms with Crippen LogP contribution in [-0.4, -0.2) is 90.2 Å². The van der Waals surface area contributed by atoms with E-state index in [1.165, 1.54) is 11.9 Å². The Kier molecular flexibility index (Phi) is 14.3. The van der Waals surface area contributed by atoms with E-state index in [9.17, 15) is 24.0 Å². The number of likely N-dealkylation sites (N-methyl/N-ethyl adjacent to an activating group) is 1. The summed E-state index contributed by atoms with van der Waals surface area (Å²) in [5.41, 5.74) is 0.980. The number of nitrogens with one attached hydrogen (secondary N) is 4. The van der Waals surface area contributed by atoms with Gasteiger partial charge in [-0.1, -0.05) is 81.4 Å². The van der Waals surface area contributed by atoms with Gasteiger partial charge in [0.1, 0.15) is 24.8 Å². The van der Waals surface area contributed by atoms with Crippen LogP contribution in [0.4, 0.5) is 14.4 Å². The van der Waals surface area contributed by atoms with Crippen molar-refractivity contribution in [3.63, 3.8) is 0 Å². The van der Waals surface area contributed by atoms with Gasteiger partial charge in [-0.15, -0.1) is 0 Å². The van der Waals surface area contributed by atoms with Gasteiger partial charge in [0.05, 0.1) is 12.6 Å². The molecule has 0 aromatic heterocycles. The molecule has 1 saturated heterocycles. The van der Waals surface area contributed by atoms with E-state index in [2.05, 4.69) is 21.3 Å². The van der Waals surface area contributed by atoms with Crippen LogP contribution in [0.2, 0.25) is 0 Å². The monoisotopic (exact) mass is 680 g/mol. The van der Waals surface area contributed by atoms with Gasteiger partial charge in [-0.2, -0.15) is 0 Å². The standard InChI is InChI=1S/C36H52N6O7/c1-24(2)39-33(45)37-22-29(49-34(46)38-21-26-15-10-8-11-16-26)28-19-14-20-42(28)32(44)30(36(4,5)6)40-31(43)25(3)41(7)35(47)48-23-27-17-12-9-13-18-27/h8-13,15-18,24-25,28-30H,14,19-23H2,1-7H3,(H,38,46)(H,40,43)(H2,37,39,45). The van der Waals surface area contributed by atoms with Crippen molar-refractivity contribution in [2.24, 2.45) is 5.41 Å². The number of carbonyl (C=O) groups is 5. The summed E-state index contributed by atoms with van der Waals surface area (Å²) in [7, 11) is 1.47. The zero-order valence-corrected chi connectivity index (χ0v) is 29.7. The van der Waals surface area contributed by atoms with Crippen LogP contribution in [0.25, 0.3) is 0 Å². The fraction of sp³-hybridized carbons (Fsp3) is 0.528. The van der Waals surface area contributed by atoms with Crippen molar-refractivity contribution in [2.75, 3.05) is 20.1 Å². The molecule has 2 aromatic rings. The molecule has 2 aromatic carbocycles. The van der Waals surface area contributed by atoms with Gasteiger partial charge in [-0.25, -0.2) is 14.4 Å². The van der Waals surface area contributed by atoms with Crippen LogP contribution in [0, 0.1) is 5.41 Å². The first-order valence-corrected chi connectivity index (χ1v) is 16.7. The number of amides is 6. The Balaban J connectivity index is 1.72. The molecule has 0 saturated carbocycles. The number of carbonyl (C=O) groups excluding carboxylic acids is 5. The number of ether oxygens (including phenoxy) is 2. The molecule has 13 heteroatoms. The Bertz CT molecular complexity index is 1400. The van der Waals surface area contributed by atoms with E-state index in [0.29, 0.717) is 19.4 Å². The third-order valence-corrected chi connectivity index (χ3v) is 8.29. The first kappa shape index (κ1) is 38.6. The van der Waals surface area contributed by atoms with Crippen molar-refractivity contribution in [3.8, 4) is 0 Å². The maximum absolute atomic E-state index is 14.3. The van der Waals surface area contributed by atoms with E-state index in [-0.39, 0.29) is 31.6 Å². The van der Waals surface area contributed by atoms with Crippen LogP contribution in [0.5, 0.6) is 0 Å². The predicted molar refractivity (Wildman–Crippen MR) is 185 cm³/mol. The molecule has 1 aliphatic rings. The van der Waals surface area contributed by atoms with Gasteiger partial charge in [0, 0.05) is 26.2 Å². The van der Waals surface area contributed by atoms with Gasteiger partial charge >= 0.3 is 18.2 Å². The number of likely N-dealkylation sites (tertiary alicyclic amines) is 1. The van der Waals surface area contributed by atoms with Crippen LogP contribution in [0.1, 0.15) is 65.5 Å². The molecule has 0 bridgehead atoms. The second kappa shape index (κ2) is 18.1. The first-order valence-electron chi connectivity index (χ1n) is 16.7. The Labute approximate surface area is 289 Å². The van der Waals surface area contributed by atoms with E-state index in [0.717, 1.165) is 11.1 Å². The van der Waals surface area contributed by atoms with Gasteiger partial charge in [0.2, 0.25) is 11.8 Å². The summed E-state index contributed by atoms with van der Waals surface area (Å²) >= 11 is 0. The molecule has 0 radical (unpaired) electrons. The summed E-state index contributed by atoms with van der Waals surface area (Å²) < 4.78 is 11.2. The number of benzene rings is 2. The van der Waals surface area contributed by atoms with Crippen LogP contribution in [0.3, 0.4) is 0 Å². The number of rotatable bonds is 13. The van der Waals surface area contributed by atoms with Gasteiger partial charge in [0.15, 0.2) is 0 Å². The smallest absolute Gasteiger partial charge is 0.410 e. The third-order valence-electron chi connectivity index (χ3n) is 8.29. The van der Waals surface area contributed by atoms with E-state index in [1.807, 2.05) is 95.3 Å². The average molecular weight is 681 g/mol. The summed E-state index contributed by atoms with van der Waals surface area (Å²) in [5.74, 6) is -0.877. The quantitative estimate of drug-likeness (QED) is 0.247. The summed E-state index contributed by atoms with van der Waals surface area (Å²) in [5, 5.41) is 11.1. The molecular weight excluding hydrogens is 628 g/mol. The molecule has 0 aliphatic carbocycles. The molecule has 268 valence electrons. The second-order valence-corrected chi connectivity index (χ2v) is 13.7. The lowest BCUT2D eigenvalue weighted by molar-refractivity contribution is -0.142. The highest BCUT2D eigenvalue weighted by Gasteiger charge is 2.44. The molecule has 6 amide bonds. The highest BCUT2D eigenvalue weighted by Crippen LogP contribution is 2.28. The Morgan fingerprint density at radius 3 is 2.10 bits per heavy atom. The topological polar surface area (TPSA) is 158 Å². The molecule has 13 nitrogen and oxygen atoms in total. The van der Waals surface area contributed by atoms with Crippen molar-refractivity contribution >= 4 is 30.0 Å². The molecular formula is C36H52N6O7. The molecule has 1 fully saturated rings. The summed E-state index contributed by atoms with van der Waals surface area (Å²) in [6.45, 7) is 11.4. The maximum Gasteiger partial charge on any atom is 0.410 e. The molecule has 3 rings (SSSR count). The number of hydrogen-bond donors (Lipinski definition) is 4. The molecule has 4 unspecified atom stereocenters. The Hall–Kier alpha value is -4.81. The fourth-order valence-electron chi connectivity index (χ4n) is 5.40. The summed E-state index contributed by atoms with van der Waals surface area (Å²) in [6.07, 6.45) is -1.08. The molecule has 1 heterocycles. The summed E-state index contributed by atoms with van der Waals surface area (Å²) in [6, 6.07) is 15.6. The lowest BCUT2D eigenvalue weighted by atomic mass is 9.85. The number of urea groups is 1. The number of alkyl carbamates (subject to hydrolysis) is 1. The normalized spacial score (nSPS) is 16.2. The SMILES string of the molecule is CC(C)NC(=O)NCC(OC(=O)NCc1ccccc1)C1CCCN1C(=O)C(NC(=O)C(C)N(C)C(=O)OCc1ccccc1)C(C)(C)C. The van der Waals surface area contributed by atoms with E-state index in [1.54, 1.807) is 11.8 Å². The van der Waals surface area contributed by atoms with E-state index < -0.39 is 53.8 Å². The van der Waals surface area contributed by atoms with Gasteiger partial charge in [-0.05, 0) is 50.2 Å². The van der Waals surface area contributed by atoms with Crippen LogP contribution >= 0.6 is 0 Å². The minimum atomic E-state index is -0.971. The Morgan fingerprint density at radius 2 is 1.51 bits per heavy atom. The van der Waals surface area contributed by atoms with Crippen molar-refractivity contribution in [3.05, 3.63) is 71.8 Å². The molecule has 1 aliphatic heterocycles. The molecule has 4 atom stereocenters. The third kappa shape index (κ3) is 12.0. The fourth-order valence-corrected chi connectivity index (χ4v) is 5.40. The lowest BCUT2D eigenvalue weighted by Crippen LogP contribution is -2.60. The first-order chi connectivity index (χ1) is 23.2. The minimum Gasteiger partial charge on any atom is -0.445 e. The lowest BCUT2D eigenvalue weighted by Gasteiger charge is -2.38. The van der Waals surface area contributed by atoms with E-state index in [4.69, 9.17) is 9.47 Å². The zero-order chi connectivity index (χ0) is 36.1. The predicted octanol–water partition coefficient (Wildman–Crippen LogP) is 4.17. The van der Waals surface area contributed by atoms with Crippen LogP contribution in [0.15, 0.2) is 60.7 Å². The van der Waals surface area contributed by atoms with Gasteiger partial charge in [-0.3, -0.25) is 14.5 Å². The summed E-state index contributed by atoms with van der Waals surface area (Å²) in [4.78, 5) is 68.8. The van der Waals surface area contributed by atoms with Crippen molar-refractivity contribution in [2.45, 2.75) is 97.8 Å². The highest BCUT2D eigenvalue weighted by atomic mass is 16.6. The highest BCUT2D eigenvalue weighted by molar-refractivity contribution is 5.92. The molecule has 0 spiro atoms. The second-order valence-electron chi connectivity index (χ2n) is 13.7. The molecule has 49 heavy (non-hydrogen) atoms. The number of nitrogens with zero attached hydrogens (tertiary/aromatic N) is 2. The minimum absolute atomic E-state index is 0.0365. The van der Waals surface area contributed by atoms with Gasteiger partial charge in [0.25, 0.3) is 0 Å². The largest absolute Gasteiger partial charge is 0.445 e. The number of hydrogen-bond acceptors (Lipinski definition) is 7. The van der Waals surface area contributed by atoms with Gasteiger partial charge < -0.3 is 35.6 Å².